The van der Waals surface area contributed by atoms with Crippen LogP contribution in [-0.4, -0.2) is 4.98 Å². The molecule has 1 aromatic heterocycles. The predicted octanol–water partition coefficient (Wildman–Crippen LogP) is 4.15. The highest BCUT2D eigenvalue weighted by Crippen LogP contribution is 2.23. The molecule has 2 heteroatoms. The Bertz CT molecular complexity index is 491. The molecule has 0 bridgehead atoms. The molecule has 1 aromatic carbocycles. The van der Waals surface area contributed by atoms with E-state index in [9.17, 15) is 0 Å². The van der Waals surface area contributed by atoms with E-state index < -0.39 is 0 Å². The van der Waals surface area contributed by atoms with E-state index in [0.29, 0.717) is 5.15 Å². The number of aryl methyl sites for hydroxylation is 2. The molecule has 0 unspecified atom stereocenters. The monoisotopic (exact) mass is 219 g/mol. The van der Waals surface area contributed by atoms with Gasteiger partial charge in [0, 0.05) is 5.39 Å². The topological polar surface area (TPSA) is 12.9 Å². The molecular weight excluding hydrogens is 206 g/mol. The lowest BCUT2D eigenvalue weighted by Gasteiger charge is -2.06. The number of pyridine rings is 1. The van der Waals surface area contributed by atoms with Gasteiger partial charge < -0.3 is 0 Å². The molecule has 1 nitrogen and oxygen atoms in total. The van der Waals surface area contributed by atoms with Gasteiger partial charge >= 0.3 is 0 Å². The molecule has 2 rings (SSSR count). The van der Waals surface area contributed by atoms with Crippen LogP contribution in [0.25, 0.3) is 10.9 Å². The Morgan fingerprint density at radius 1 is 1.33 bits per heavy atom. The molecule has 0 spiro atoms. The van der Waals surface area contributed by atoms with Crippen LogP contribution in [0.3, 0.4) is 0 Å². The summed E-state index contributed by atoms with van der Waals surface area (Å²) in [4.78, 5) is 4.46. The van der Waals surface area contributed by atoms with E-state index in [-0.39, 0.29) is 0 Å². The lowest BCUT2D eigenvalue weighted by molar-refractivity contribution is 0.926. The summed E-state index contributed by atoms with van der Waals surface area (Å²) in [5.74, 6) is 0. The standard InChI is InChI=1S/C13H14ClN/c1-3-5-10-6-4-7-11-8-9(2)13(14)15-12(10)11/h4,6-8H,3,5H2,1-2H3. The smallest absolute Gasteiger partial charge is 0.132 e. The van der Waals surface area contributed by atoms with Crippen molar-refractivity contribution in [3.05, 3.63) is 40.5 Å². The fourth-order valence-corrected chi connectivity index (χ4v) is 1.95. The lowest BCUT2D eigenvalue weighted by atomic mass is 10.0. The number of para-hydroxylation sites is 1. The highest BCUT2D eigenvalue weighted by molar-refractivity contribution is 6.30. The average Bonchev–Trinajstić information content (AvgIpc) is 2.21. The van der Waals surface area contributed by atoms with E-state index in [1.54, 1.807) is 0 Å². The number of aromatic nitrogens is 1. The van der Waals surface area contributed by atoms with Crippen LogP contribution in [0.4, 0.5) is 0 Å². The number of fused-ring (bicyclic) bond motifs is 1. The van der Waals surface area contributed by atoms with E-state index in [4.69, 9.17) is 11.6 Å². The van der Waals surface area contributed by atoms with Crippen molar-refractivity contribution < 1.29 is 0 Å². The van der Waals surface area contributed by atoms with E-state index in [2.05, 4.69) is 36.2 Å². The molecule has 0 aliphatic rings. The molecule has 0 N–H and O–H groups in total. The average molecular weight is 220 g/mol. The minimum Gasteiger partial charge on any atom is -0.236 e. The van der Waals surface area contributed by atoms with Crippen LogP contribution >= 0.6 is 11.6 Å². The van der Waals surface area contributed by atoms with Gasteiger partial charge in [-0.05, 0) is 30.5 Å². The van der Waals surface area contributed by atoms with E-state index in [0.717, 1.165) is 23.9 Å². The van der Waals surface area contributed by atoms with Gasteiger partial charge in [-0.25, -0.2) is 4.98 Å². The molecule has 0 aliphatic heterocycles. The molecule has 0 radical (unpaired) electrons. The Hall–Kier alpha value is -1.08. The summed E-state index contributed by atoms with van der Waals surface area (Å²) in [5, 5.41) is 1.80. The van der Waals surface area contributed by atoms with Gasteiger partial charge in [0.1, 0.15) is 5.15 Å². The number of nitrogens with zero attached hydrogens (tertiary/aromatic N) is 1. The van der Waals surface area contributed by atoms with Crippen molar-refractivity contribution in [2.75, 3.05) is 0 Å². The number of hydrogen-bond donors (Lipinski definition) is 0. The van der Waals surface area contributed by atoms with Crippen molar-refractivity contribution in [1.29, 1.82) is 0 Å². The third-order valence-corrected chi connectivity index (χ3v) is 2.96. The summed E-state index contributed by atoms with van der Waals surface area (Å²) < 4.78 is 0. The highest BCUT2D eigenvalue weighted by atomic mass is 35.5. The minimum absolute atomic E-state index is 0.617. The minimum atomic E-state index is 0.617. The Morgan fingerprint density at radius 2 is 2.13 bits per heavy atom. The van der Waals surface area contributed by atoms with Crippen molar-refractivity contribution >= 4 is 22.5 Å². The molecule has 0 saturated heterocycles. The number of rotatable bonds is 2. The first-order valence-electron chi connectivity index (χ1n) is 5.27. The molecule has 78 valence electrons. The third-order valence-electron chi connectivity index (χ3n) is 2.58. The van der Waals surface area contributed by atoms with Crippen LogP contribution in [0.2, 0.25) is 5.15 Å². The van der Waals surface area contributed by atoms with Gasteiger partial charge in [0.25, 0.3) is 0 Å². The van der Waals surface area contributed by atoms with Crippen molar-refractivity contribution in [3.63, 3.8) is 0 Å². The van der Waals surface area contributed by atoms with Crippen LogP contribution in [0.15, 0.2) is 24.3 Å². The van der Waals surface area contributed by atoms with Gasteiger partial charge in [0.15, 0.2) is 0 Å². The molecule has 0 amide bonds. The first-order valence-corrected chi connectivity index (χ1v) is 5.65. The molecular formula is C13H14ClN. The predicted molar refractivity (Wildman–Crippen MR) is 65.5 cm³/mol. The second kappa shape index (κ2) is 4.19. The Labute approximate surface area is 95.1 Å². The molecule has 2 aromatic rings. The first-order chi connectivity index (χ1) is 7.22. The Morgan fingerprint density at radius 3 is 2.87 bits per heavy atom. The molecule has 15 heavy (non-hydrogen) atoms. The summed E-state index contributed by atoms with van der Waals surface area (Å²) in [7, 11) is 0. The van der Waals surface area contributed by atoms with E-state index in [1.165, 1.54) is 10.9 Å². The van der Waals surface area contributed by atoms with Gasteiger partial charge in [0.2, 0.25) is 0 Å². The quantitative estimate of drug-likeness (QED) is 0.692. The van der Waals surface area contributed by atoms with Gasteiger partial charge in [-0.2, -0.15) is 0 Å². The number of benzene rings is 1. The molecule has 1 heterocycles. The van der Waals surface area contributed by atoms with Crippen molar-refractivity contribution in [2.24, 2.45) is 0 Å². The van der Waals surface area contributed by atoms with Gasteiger partial charge in [-0.1, -0.05) is 43.1 Å². The van der Waals surface area contributed by atoms with Crippen molar-refractivity contribution in [3.8, 4) is 0 Å². The first kappa shape index (κ1) is 10.4. The lowest BCUT2D eigenvalue weighted by Crippen LogP contribution is -1.91. The third kappa shape index (κ3) is 1.98. The molecule has 0 saturated carbocycles. The second-order valence-corrected chi connectivity index (χ2v) is 4.19. The van der Waals surface area contributed by atoms with Gasteiger partial charge in [-0.15, -0.1) is 0 Å². The normalized spacial score (nSPS) is 10.9. The fraction of sp³-hybridized carbons (Fsp3) is 0.308. The number of halogens is 1. The fourth-order valence-electron chi connectivity index (χ4n) is 1.81. The Balaban J connectivity index is 2.68. The van der Waals surface area contributed by atoms with Crippen LogP contribution in [0, 0.1) is 6.92 Å². The number of hydrogen-bond acceptors (Lipinski definition) is 1. The van der Waals surface area contributed by atoms with Gasteiger partial charge in [0.05, 0.1) is 5.52 Å². The molecule has 0 fully saturated rings. The van der Waals surface area contributed by atoms with Crippen LogP contribution < -0.4 is 0 Å². The zero-order valence-corrected chi connectivity index (χ0v) is 9.80. The van der Waals surface area contributed by atoms with Crippen LogP contribution in [-0.2, 0) is 6.42 Å². The maximum atomic E-state index is 6.05. The van der Waals surface area contributed by atoms with Gasteiger partial charge in [-0.3, -0.25) is 0 Å². The molecule has 0 atom stereocenters. The maximum absolute atomic E-state index is 6.05. The summed E-state index contributed by atoms with van der Waals surface area (Å²) in [6.45, 7) is 4.16. The van der Waals surface area contributed by atoms with Crippen LogP contribution in [0.5, 0.6) is 0 Å². The van der Waals surface area contributed by atoms with E-state index >= 15 is 0 Å². The highest BCUT2D eigenvalue weighted by Gasteiger charge is 2.04. The SMILES string of the molecule is CCCc1cccc2cc(C)c(Cl)nc12. The summed E-state index contributed by atoms with van der Waals surface area (Å²) in [6.07, 6.45) is 2.19. The zero-order chi connectivity index (χ0) is 10.8. The largest absolute Gasteiger partial charge is 0.236 e. The zero-order valence-electron chi connectivity index (χ0n) is 9.05. The summed E-state index contributed by atoms with van der Waals surface area (Å²) in [5.41, 5.74) is 3.38. The van der Waals surface area contributed by atoms with E-state index in [1.807, 2.05) is 6.92 Å². The second-order valence-electron chi connectivity index (χ2n) is 3.83. The summed E-state index contributed by atoms with van der Waals surface area (Å²) >= 11 is 6.05. The summed E-state index contributed by atoms with van der Waals surface area (Å²) in [6, 6.07) is 8.40. The van der Waals surface area contributed by atoms with Crippen LogP contribution in [0.1, 0.15) is 24.5 Å². The van der Waals surface area contributed by atoms with Crippen molar-refractivity contribution in [2.45, 2.75) is 26.7 Å². The maximum Gasteiger partial charge on any atom is 0.132 e. The van der Waals surface area contributed by atoms with Crippen molar-refractivity contribution in [1.82, 2.24) is 4.98 Å². The molecule has 0 aliphatic carbocycles. The Kier molecular flexibility index (Phi) is 2.92.